The predicted octanol–water partition coefficient (Wildman–Crippen LogP) is 10.1. The number of halogens is 4. The topological polar surface area (TPSA) is 0 Å². The van der Waals surface area contributed by atoms with E-state index >= 15 is 17.6 Å². The summed E-state index contributed by atoms with van der Waals surface area (Å²) in [6.07, 6.45) is 0.915. The lowest BCUT2D eigenvalue weighted by atomic mass is 9.79. The van der Waals surface area contributed by atoms with E-state index in [1.807, 2.05) is 36.4 Å². The highest BCUT2D eigenvalue weighted by Gasteiger charge is 2.35. The van der Waals surface area contributed by atoms with Crippen LogP contribution in [0.2, 0.25) is 0 Å². The fourth-order valence-electron chi connectivity index (χ4n) is 5.70. The van der Waals surface area contributed by atoms with Crippen molar-refractivity contribution in [2.24, 2.45) is 0 Å². The van der Waals surface area contributed by atoms with Gasteiger partial charge in [-0.05, 0) is 68.5 Å². The minimum absolute atomic E-state index is 0.249. The van der Waals surface area contributed by atoms with Gasteiger partial charge in [0.2, 0.25) is 0 Å². The fraction of sp³-hybridized carbons (Fsp3) is 0.273. The van der Waals surface area contributed by atoms with Gasteiger partial charge in [0.15, 0.2) is 23.3 Å². The Morgan fingerprint density at radius 1 is 0.622 bits per heavy atom. The van der Waals surface area contributed by atoms with Crippen molar-refractivity contribution < 1.29 is 17.6 Å². The van der Waals surface area contributed by atoms with Crippen molar-refractivity contribution in [3.05, 3.63) is 107 Å². The highest BCUT2D eigenvalue weighted by Crippen LogP contribution is 2.41. The van der Waals surface area contributed by atoms with Crippen LogP contribution >= 0.6 is 0 Å². The minimum atomic E-state index is -1.28. The average molecular weight is 503 g/mol. The molecule has 0 radical (unpaired) electrons. The standard InChI is InChI=1S/C33H30F4/c1-5-19(27-29(34)31(36)28(32(37)30(27)35)33(3,4)6-2)18-20-12-11-17-25-23-14-8-7-13-21(23)22-15-9-10-16-24(22)26(20)25/h7-17,19H,5-6,18H2,1-4H3. The third-order valence-electron chi connectivity index (χ3n) is 8.08. The van der Waals surface area contributed by atoms with Gasteiger partial charge < -0.3 is 0 Å². The Morgan fingerprint density at radius 3 is 1.57 bits per heavy atom. The number of hydrogen-bond donors (Lipinski definition) is 0. The first-order chi connectivity index (χ1) is 17.7. The van der Waals surface area contributed by atoms with Crippen molar-refractivity contribution in [3.8, 4) is 0 Å². The summed E-state index contributed by atoms with van der Waals surface area (Å²) in [5, 5.41) is 6.39. The smallest absolute Gasteiger partial charge is 0.165 e. The fourth-order valence-corrected chi connectivity index (χ4v) is 5.70. The molecule has 0 aliphatic carbocycles. The molecule has 0 saturated carbocycles. The van der Waals surface area contributed by atoms with Gasteiger partial charge in [0, 0.05) is 11.1 Å². The van der Waals surface area contributed by atoms with Gasteiger partial charge in [0.1, 0.15) is 0 Å². The van der Waals surface area contributed by atoms with Gasteiger partial charge in [-0.1, -0.05) is 94.4 Å². The van der Waals surface area contributed by atoms with E-state index < -0.39 is 45.7 Å². The second-order valence-electron chi connectivity index (χ2n) is 10.5. The van der Waals surface area contributed by atoms with E-state index in [9.17, 15) is 0 Å². The van der Waals surface area contributed by atoms with Crippen LogP contribution < -0.4 is 0 Å². The van der Waals surface area contributed by atoms with Gasteiger partial charge in [-0.3, -0.25) is 0 Å². The average Bonchev–Trinajstić information content (AvgIpc) is 2.91. The van der Waals surface area contributed by atoms with Crippen LogP contribution in [0.15, 0.2) is 66.7 Å². The Bertz CT molecular complexity index is 1570. The van der Waals surface area contributed by atoms with Crippen LogP contribution in [0.1, 0.15) is 63.1 Å². The molecule has 5 aromatic rings. The van der Waals surface area contributed by atoms with Crippen LogP contribution in [0.5, 0.6) is 0 Å². The molecular weight excluding hydrogens is 472 g/mol. The van der Waals surface area contributed by atoms with E-state index in [1.165, 1.54) is 0 Å². The zero-order chi connectivity index (χ0) is 26.5. The van der Waals surface area contributed by atoms with E-state index in [2.05, 4.69) is 30.3 Å². The van der Waals surface area contributed by atoms with E-state index in [0.717, 1.165) is 37.9 Å². The summed E-state index contributed by atoms with van der Waals surface area (Å²) in [7, 11) is 0. The molecule has 0 N–H and O–H groups in total. The maximum Gasteiger partial charge on any atom is 0.165 e. The lowest BCUT2D eigenvalue weighted by Crippen LogP contribution is -2.24. The van der Waals surface area contributed by atoms with E-state index in [4.69, 9.17) is 0 Å². The molecule has 5 aromatic carbocycles. The zero-order valence-electron chi connectivity index (χ0n) is 21.6. The van der Waals surface area contributed by atoms with E-state index in [0.29, 0.717) is 12.8 Å². The largest absolute Gasteiger partial charge is 0.203 e. The maximum atomic E-state index is 15.5. The molecule has 0 spiro atoms. The summed E-state index contributed by atoms with van der Waals surface area (Å²) in [5.41, 5.74) is -1.17. The first-order valence-electron chi connectivity index (χ1n) is 12.9. The molecule has 0 nitrogen and oxygen atoms in total. The van der Waals surface area contributed by atoms with Crippen molar-refractivity contribution in [2.75, 3.05) is 0 Å². The molecule has 37 heavy (non-hydrogen) atoms. The van der Waals surface area contributed by atoms with E-state index in [1.54, 1.807) is 27.7 Å². The first kappa shape index (κ1) is 25.3. The maximum absolute atomic E-state index is 15.5. The first-order valence-corrected chi connectivity index (χ1v) is 12.9. The Balaban J connectivity index is 1.73. The molecule has 0 amide bonds. The molecule has 1 unspecified atom stereocenters. The minimum Gasteiger partial charge on any atom is -0.203 e. The van der Waals surface area contributed by atoms with Crippen LogP contribution in [0.3, 0.4) is 0 Å². The van der Waals surface area contributed by atoms with Crippen molar-refractivity contribution in [2.45, 2.75) is 58.3 Å². The van der Waals surface area contributed by atoms with E-state index in [-0.39, 0.29) is 6.42 Å². The molecule has 0 saturated heterocycles. The molecule has 0 heterocycles. The van der Waals surface area contributed by atoms with Gasteiger partial charge in [0.05, 0.1) is 0 Å². The summed E-state index contributed by atoms with van der Waals surface area (Å²) in [4.78, 5) is 0. The third kappa shape index (κ3) is 3.98. The molecular formula is C33H30F4. The number of hydrogen-bond acceptors (Lipinski definition) is 0. The zero-order valence-corrected chi connectivity index (χ0v) is 21.6. The summed E-state index contributed by atoms with van der Waals surface area (Å²) >= 11 is 0. The molecule has 1 atom stereocenters. The highest BCUT2D eigenvalue weighted by atomic mass is 19.2. The summed E-state index contributed by atoms with van der Waals surface area (Å²) in [6.45, 7) is 6.72. The predicted molar refractivity (Wildman–Crippen MR) is 145 cm³/mol. The second kappa shape index (κ2) is 9.48. The lowest BCUT2D eigenvalue weighted by Gasteiger charge is -2.27. The van der Waals surface area contributed by atoms with Crippen LogP contribution in [-0.2, 0) is 11.8 Å². The molecule has 5 rings (SSSR count). The Hall–Kier alpha value is -3.40. The van der Waals surface area contributed by atoms with Crippen LogP contribution in [0.25, 0.3) is 32.3 Å². The third-order valence-corrected chi connectivity index (χ3v) is 8.08. The number of rotatable bonds is 6. The second-order valence-corrected chi connectivity index (χ2v) is 10.5. The summed E-state index contributed by atoms with van der Waals surface area (Å²) in [5.74, 6) is -5.86. The normalized spacial score (nSPS) is 13.1. The molecule has 0 aliphatic heterocycles. The molecule has 190 valence electrons. The summed E-state index contributed by atoms with van der Waals surface area (Å²) < 4.78 is 61.6. The SMILES string of the molecule is CCC(Cc1cccc2c3ccccc3c3ccccc3c12)c1c(F)c(F)c(C(C)(C)CC)c(F)c1F. The summed E-state index contributed by atoms with van der Waals surface area (Å²) in [6, 6.07) is 22.2. The molecule has 0 aromatic heterocycles. The van der Waals surface area contributed by atoms with Crippen LogP contribution in [0, 0.1) is 23.3 Å². The lowest BCUT2D eigenvalue weighted by molar-refractivity contribution is 0.370. The van der Waals surface area contributed by atoms with Crippen molar-refractivity contribution in [1.29, 1.82) is 0 Å². The van der Waals surface area contributed by atoms with Gasteiger partial charge >= 0.3 is 0 Å². The molecule has 0 fully saturated rings. The van der Waals surface area contributed by atoms with Gasteiger partial charge in [0.25, 0.3) is 0 Å². The van der Waals surface area contributed by atoms with Crippen LogP contribution in [0.4, 0.5) is 17.6 Å². The molecule has 0 aliphatic rings. The Kier molecular flexibility index (Phi) is 6.47. The van der Waals surface area contributed by atoms with Crippen molar-refractivity contribution >= 4 is 32.3 Å². The van der Waals surface area contributed by atoms with Gasteiger partial charge in [-0.15, -0.1) is 0 Å². The molecule has 0 bridgehead atoms. The van der Waals surface area contributed by atoms with Crippen LogP contribution in [-0.4, -0.2) is 0 Å². The number of benzene rings is 5. The highest BCUT2D eigenvalue weighted by molar-refractivity contribution is 6.26. The van der Waals surface area contributed by atoms with Gasteiger partial charge in [-0.25, -0.2) is 17.6 Å². The van der Waals surface area contributed by atoms with Crippen molar-refractivity contribution in [3.63, 3.8) is 0 Å². The number of fused-ring (bicyclic) bond motifs is 6. The quantitative estimate of drug-likeness (QED) is 0.123. The molecule has 4 heteroatoms. The van der Waals surface area contributed by atoms with Gasteiger partial charge in [-0.2, -0.15) is 0 Å². The Labute approximate surface area is 214 Å². The Morgan fingerprint density at radius 2 is 1.08 bits per heavy atom. The van der Waals surface area contributed by atoms with Crippen molar-refractivity contribution in [1.82, 2.24) is 0 Å². The monoisotopic (exact) mass is 502 g/mol.